The Balaban J connectivity index is 1.83. The molecule has 1 saturated heterocycles. The first-order valence-corrected chi connectivity index (χ1v) is 13.7. The second kappa shape index (κ2) is 10.4. The second-order valence-electron chi connectivity index (χ2n) is 9.46. The molecule has 2 fully saturated rings. The van der Waals surface area contributed by atoms with Crippen molar-refractivity contribution in [1.82, 2.24) is 8.87 Å². The van der Waals surface area contributed by atoms with Gasteiger partial charge < -0.3 is 9.67 Å². The number of aliphatic carboxylic acids is 1. The molecular formula is C26H35N3O4S. The van der Waals surface area contributed by atoms with E-state index in [-0.39, 0.29) is 12.5 Å². The Bertz CT molecular complexity index is 1170. The van der Waals surface area contributed by atoms with Gasteiger partial charge in [0.2, 0.25) is 10.0 Å². The Morgan fingerprint density at radius 3 is 2.44 bits per heavy atom. The molecule has 4 rings (SSSR count). The predicted octanol–water partition coefficient (Wildman–Crippen LogP) is 4.35. The van der Waals surface area contributed by atoms with Gasteiger partial charge in [-0.05, 0) is 55.7 Å². The van der Waals surface area contributed by atoms with E-state index in [0.717, 1.165) is 66.6 Å². The molecule has 0 bridgehead atoms. The van der Waals surface area contributed by atoms with Crippen LogP contribution in [0.2, 0.25) is 0 Å². The van der Waals surface area contributed by atoms with Crippen molar-refractivity contribution in [2.75, 3.05) is 20.1 Å². The van der Waals surface area contributed by atoms with Crippen LogP contribution in [-0.2, 0) is 27.8 Å². The maximum absolute atomic E-state index is 13.4. The smallest absolute Gasteiger partial charge is 0.323 e. The molecule has 0 spiro atoms. The molecule has 2 heterocycles. The van der Waals surface area contributed by atoms with Crippen molar-refractivity contribution in [3.8, 4) is 0 Å². The van der Waals surface area contributed by atoms with Crippen molar-refractivity contribution in [3.63, 3.8) is 0 Å². The summed E-state index contributed by atoms with van der Waals surface area (Å²) in [5.74, 6) is -0.587. The van der Waals surface area contributed by atoms with Gasteiger partial charge in [0.15, 0.2) is 0 Å². The van der Waals surface area contributed by atoms with Crippen molar-refractivity contribution in [2.24, 2.45) is 4.99 Å². The molecule has 1 saturated carbocycles. The summed E-state index contributed by atoms with van der Waals surface area (Å²) in [6.07, 6.45) is 9.58. The molecule has 1 aromatic heterocycles. The van der Waals surface area contributed by atoms with Gasteiger partial charge in [-0.15, -0.1) is 0 Å². The Kier molecular flexibility index (Phi) is 7.57. The Morgan fingerprint density at radius 1 is 1.12 bits per heavy atom. The number of hydrogen-bond donors (Lipinski definition) is 1. The van der Waals surface area contributed by atoms with Crippen LogP contribution >= 0.6 is 0 Å². The van der Waals surface area contributed by atoms with E-state index in [2.05, 4.69) is 4.99 Å². The first-order chi connectivity index (χ1) is 16.3. The van der Waals surface area contributed by atoms with Crippen LogP contribution in [0.25, 0.3) is 0 Å². The molecule has 7 nitrogen and oxygen atoms in total. The standard InChI is InChI=1S/C26H35N3O4S/c1-19-22(16-21-12-6-7-13-24(21)34(32,33)28-14-8-9-15-28)23(17-27-2)26(29(19)18-25(30)31)20-10-4-3-5-11-20/h6-7,12-13,17,20H,3-5,8-11,14-16,18H2,1-2H3,(H,30,31). The van der Waals surface area contributed by atoms with Crippen molar-refractivity contribution in [2.45, 2.75) is 75.6 Å². The minimum atomic E-state index is -3.57. The van der Waals surface area contributed by atoms with Crippen molar-refractivity contribution in [1.29, 1.82) is 0 Å². The summed E-state index contributed by atoms with van der Waals surface area (Å²) in [5, 5.41) is 9.67. The molecule has 1 N–H and O–H groups in total. The van der Waals surface area contributed by atoms with Gasteiger partial charge in [0.25, 0.3) is 0 Å². The zero-order valence-corrected chi connectivity index (χ0v) is 21.0. The number of aromatic nitrogens is 1. The lowest BCUT2D eigenvalue weighted by Crippen LogP contribution is -2.28. The summed E-state index contributed by atoms with van der Waals surface area (Å²) in [6, 6.07) is 7.22. The van der Waals surface area contributed by atoms with Crippen molar-refractivity contribution < 1.29 is 18.3 Å². The van der Waals surface area contributed by atoms with Crippen molar-refractivity contribution >= 4 is 22.2 Å². The monoisotopic (exact) mass is 485 g/mol. The Labute approximate surface area is 202 Å². The van der Waals surface area contributed by atoms with Crippen LogP contribution in [-0.4, -0.2) is 54.7 Å². The maximum Gasteiger partial charge on any atom is 0.323 e. The highest BCUT2D eigenvalue weighted by Gasteiger charge is 2.31. The largest absolute Gasteiger partial charge is 0.480 e. The van der Waals surface area contributed by atoms with E-state index >= 15 is 0 Å². The molecule has 8 heteroatoms. The van der Waals surface area contributed by atoms with E-state index < -0.39 is 16.0 Å². The van der Waals surface area contributed by atoms with Crippen LogP contribution in [0.4, 0.5) is 0 Å². The third-order valence-corrected chi connectivity index (χ3v) is 9.30. The zero-order valence-electron chi connectivity index (χ0n) is 20.2. The van der Waals surface area contributed by atoms with E-state index in [9.17, 15) is 18.3 Å². The van der Waals surface area contributed by atoms with Gasteiger partial charge >= 0.3 is 5.97 Å². The van der Waals surface area contributed by atoms with Crippen LogP contribution in [0.3, 0.4) is 0 Å². The molecule has 0 radical (unpaired) electrons. The number of rotatable bonds is 8. The van der Waals surface area contributed by atoms with Gasteiger partial charge in [-0.3, -0.25) is 9.79 Å². The number of carbonyl (C=O) groups is 1. The first kappa shape index (κ1) is 24.7. The molecular weight excluding hydrogens is 450 g/mol. The lowest BCUT2D eigenvalue weighted by Gasteiger charge is -2.24. The third-order valence-electron chi connectivity index (χ3n) is 7.30. The van der Waals surface area contributed by atoms with E-state index in [0.29, 0.717) is 24.4 Å². The van der Waals surface area contributed by atoms with E-state index in [4.69, 9.17) is 0 Å². The summed E-state index contributed by atoms with van der Waals surface area (Å²) < 4.78 is 30.4. The summed E-state index contributed by atoms with van der Waals surface area (Å²) in [5.41, 5.74) is 4.59. The van der Waals surface area contributed by atoms with Gasteiger partial charge in [0.05, 0.1) is 4.90 Å². The second-order valence-corrected chi connectivity index (χ2v) is 11.4. The molecule has 2 aromatic rings. The van der Waals surface area contributed by atoms with Crippen LogP contribution in [0.15, 0.2) is 34.2 Å². The molecule has 0 amide bonds. The number of carboxylic acids is 1. The zero-order chi connectivity index (χ0) is 24.3. The SMILES string of the molecule is CN=Cc1c(Cc2ccccc2S(=O)(=O)N2CCCC2)c(C)n(CC(=O)O)c1C1CCCCC1. The molecule has 0 unspecified atom stereocenters. The average molecular weight is 486 g/mol. The fraction of sp³-hybridized carbons (Fsp3) is 0.538. The number of nitrogens with zero attached hydrogens (tertiary/aromatic N) is 3. The molecule has 1 aliphatic carbocycles. The highest BCUT2D eigenvalue weighted by atomic mass is 32.2. The maximum atomic E-state index is 13.4. The number of sulfonamides is 1. The molecule has 0 atom stereocenters. The van der Waals surface area contributed by atoms with Crippen LogP contribution in [0.5, 0.6) is 0 Å². The minimum absolute atomic E-state index is 0.101. The lowest BCUT2D eigenvalue weighted by molar-refractivity contribution is -0.137. The quantitative estimate of drug-likeness (QED) is 0.563. The molecule has 1 aliphatic heterocycles. The first-order valence-electron chi connectivity index (χ1n) is 12.3. The molecule has 184 valence electrons. The number of carboxylic acid groups (broad SMARTS) is 1. The number of aliphatic imine (C=N–C) groups is 1. The van der Waals surface area contributed by atoms with E-state index in [1.165, 1.54) is 6.42 Å². The van der Waals surface area contributed by atoms with Crippen LogP contribution in [0, 0.1) is 6.92 Å². The third kappa shape index (κ3) is 4.84. The van der Waals surface area contributed by atoms with Gasteiger partial charge in [-0.1, -0.05) is 37.5 Å². The van der Waals surface area contributed by atoms with Crippen molar-refractivity contribution in [3.05, 3.63) is 52.3 Å². The highest BCUT2D eigenvalue weighted by molar-refractivity contribution is 7.89. The average Bonchev–Trinajstić information content (AvgIpc) is 3.45. The minimum Gasteiger partial charge on any atom is -0.480 e. The highest BCUT2D eigenvalue weighted by Crippen LogP contribution is 2.38. The molecule has 1 aromatic carbocycles. The predicted molar refractivity (Wildman–Crippen MR) is 133 cm³/mol. The Morgan fingerprint density at radius 2 is 1.79 bits per heavy atom. The van der Waals surface area contributed by atoms with Gasteiger partial charge in [-0.25, -0.2) is 8.42 Å². The van der Waals surface area contributed by atoms with Gasteiger partial charge in [0.1, 0.15) is 6.54 Å². The van der Waals surface area contributed by atoms with Gasteiger partial charge in [-0.2, -0.15) is 4.31 Å². The fourth-order valence-corrected chi connectivity index (χ4v) is 7.39. The summed E-state index contributed by atoms with van der Waals surface area (Å²) in [6.45, 7) is 2.97. The molecule has 34 heavy (non-hydrogen) atoms. The fourth-order valence-electron chi connectivity index (χ4n) is 5.65. The number of hydrogen-bond acceptors (Lipinski definition) is 4. The van der Waals surface area contributed by atoms with Crippen LogP contribution < -0.4 is 0 Å². The normalized spacial score (nSPS) is 18.2. The van der Waals surface area contributed by atoms with Crippen LogP contribution in [0.1, 0.15) is 78.9 Å². The Hall–Kier alpha value is -2.45. The lowest BCUT2D eigenvalue weighted by atomic mass is 9.84. The van der Waals surface area contributed by atoms with Gasteiger partial charge in [0, 0.05) is 49.7 Å². The summed E-state index contributed by atoms with van der Waals surface area (Å²) >= 11 is 0. The molecule has 2 aliphatic rings. The number of benzene rings is 1. The topological polar surface area (TPSA) is 92.0 Å². The van der Waals surface area contributed by atoms with E-state index in [1.54, 1.807) is 23.5 Å². The summed E-state index contributed by atoms with van der Waals surface area (Å²) in [7, 11) is -1.85. The van der Waals surface area contributed by atoms with E-state index in [1.807, 2.05) is 29.8 Å². The summed E-state index contributed by atoms with van der Waals surface area (Å²) in [4.78, 5) is 16.5.